The third-order valence-corrected chi connectivity index (χ3v) is 3.42. The van der Waals surface area contributed by atoms with Gasteiger partial charge < -0.3 is 19.9 Å². The molecule has 0 radical (unpaired) electrons. The lowest BCUT2D eigenvalue weighted by Gasteiger charge is -2.10. The molecule has 2 aromatic rings. The van der Waals surface area contributed by atoms with Crippen LogP contribution in [0.25, 0.3) is 11.4 Å². The van der Waals surface area contributed by atoms with Crippen molar-refractivity contribution in [2.24, 2.45) is 4.99 Å². The van der Waals surface area contributed by atoms with Crippen molar-refractivity contribution in [3.05, 3.63) is 35.2 Å². The van der Waals surface area contributed by atoms with Crippen LogP contribution in [0.3, 0.4) is 0 Å². The quantitative estimate of drug-likeness (QED) is 0.262. The average molecular weight is 480 g/mol. The number of aromatic nitrogens is 2. The first-order chi connectivity index (χ1) is 11.7. The number of benzene rings is 1. The SMILES string of the molecule is CCOCCCNC(=NC)NCc1nc(-c2ccc(Cl)cc2)no1.I. The minimum atomic E-state index is 0. The van der Waals surface area contributed by atoms with Gasteiger partial charge in [-0.05, 0) is 37.6 Å². The van der Waals surface area contributed by atoms with E-state index in [2.05, 4.69) is 25.8 Å². The summed E-state index contributed by atoms with van der Waals surface area (Å²) in [6.07, 6.45) is 0.913. The second kappa shape index (κ2) is 12.0. The number of ether oxygens (including phenoxy) is 1. The number of hydrogen-bond acceptors (Lipinski definition) is 5. The summed E-state index contributed by atoms with van der Waals surface area (Å²) in [4.78, 5) is 8.50. The summed E-state index contributed by atoms with van der Waals surface area (Å²) in [7, 11) is 1.71. The van der Waals surface area contributed by atoms with Crippen molar-refractivity contribution in [3.8, 4) is 11.4 Å². The molecule has 25 heavy (non-hydrogen) atoms. The van der Waals surface area contributed by atoms with E-state index < -0.39 is 0 Å². The molecule has 0 aliphatic heterocycles. The van der Waals surface area contributed by atoms with Crippen molar-refractivity contribution in [2.75, 3.05) is 26.8 Å². The van der Waals surface area contributed by atoms with Crippen LogP contribution in [0.1, 0.15) is 19.2 Å². The van der Waals surface area contributed by atoms with E-state index in [1.807, 2.05) is 19.1 Å². The number of halogens is 2. The zero-order valence-corrected chi connectivity index (χ0v) is 17.4. The van der Waals surface area contributed by atoms with Crippen molar-refractivity contribution < 1.29 is 9.26 Å². The molecule has 9 heteroatoms. The molecule has 0 saturated heterocycles. The molecule has 0 saturated carbocycles. The highest BCUT2D eigenvalue weighted by atomic mass is 127. The van der Waals surface area contributed by atoms with Gasteiger partial charge in [0.1, 0.15) is 0 Å². The van der Waals surface area contributed by atoms with Gasteiger partial charge >= 0.3 is 0 Å². The standard InChI is InChI=1S/C16H22ClN5O2.HI/c1-3-23-10-4-9-19-16(18-2)20-11-14-21-15(22-24-14)12-5-7-13(17)8-6-12;/h5-8H,3-4,9-11H2,1-2H3,(H2,18,19,20);1H. The maximum atomic E-state index is 5.87. The van der Waals surface area contributed by atoms with Gasteiger partial charge in [0, 0.05) is 37.4 Å². The highest BCUT2D eigenvalue weighted by Gasteiger charge is 2.09. The maximum absolute atomic E-state index is 5.87. The molecule has 0 spiro atoms. The molecule has 1 aromatic carbocycles. The lowest BCUT2D eigenvalue weighted by atomic mass is 10.2. The van der Waals surface area contributed by atoms with Gasteiger partial charge in [0.15, 0.2) is 5.96 Å². The third kappa shape index (κ3) is 7.57. The van der Waals surface area contributed by atoms with Crippen LogP contribution in [0.4, 0.5) is 0 Å². The first-order valence-corrected chi connectivity index (χ1v) is 8.21. The van der Waals surface area contributed by atoms with Gasteiger partial charge in [-0.25, -0.2) is 0 Å². The number of rotatable bonds is 8. The fourth-order valence-corrected chi connectivity index (χ4v) is 2.07. The Morgan fingerprint density at radius 1 is 1.28 bits per heavy atom. The molecule has 2 N–H and O–H groups in total. The number of hydrogen-bond donors (Lipinski definition) is 2. The Kier molecular flexibility index (Phi) is 10.4. The fraction of sp³-hybridized carbons (Fsp3) is 0.438. The van der Waals surface area contributed by atoms with E-state index >= 15 is 0 Å². The predicted molar refractivity (Wildman–Crippen MR) is 109 cm³/mol. The van der Waals surface area contributed by atoms with E-state index in [-0.39, 0.29) is 24.0 Å². The van der Waals surface area contributed by atoms with Crippen molar-refractivity contribution >= 4 is 41.5 Å². The average Bonchev–Trinajstić information content (AvgIpc) is 3.07. The van der Waals surface area contributed by atoms with Gasteiger partial charge in [0.25, 0.3) is 0 Å². The van der Waals surface area contributed by atoms with Crippen LogP contribution in [0.5, 0.6) is 0 Å². The van der Waals surface area contributed by atoms with Gasteiger partial charge in [0.2, 0.25) is 11.7 Å². The molecular weight excluding hydrogens is 457 g/mol. The van der Waals surface area contributed by atoms with Crippen LogP contribution in [0, 0.1) is 0 Å². The Labute approximate surface area is 169 Å². The molecule has 7 nitrogen and oxygen atoms in total. The van der Waals surface area contributed by atoms with Crippen LogP contribution in [-0.2, 0) is 11.3 Å². The normalized spacial score (nSPS) is 11.1. The van der Waals surface area contributed by atoms with Gasteiger partial charge in [-0.3, -0.25) is 4.99 Å². The Hall–Kier alpha value is -1.39. The van der Waals surface area contributed by atoms with Crippen LogP contribution in [0.2, 0.25) is 5.02 Å². The van der Waals surface area contributed by atoms with Crippen molar-refractivity contribution in [2.45, 2.75) is 19.9 Å². The molecular formula is C16H23ClIN5O2. The number of nitrogens with one attached hydrogen (secondary N) is 2. The largest absolute Gasteiger partial charge is 0.382 e. The summed E-state index contributed by atoms with van der Waals surface area (Å²) in [6.45, 7) is 4.62. The smallest absolute Gasteiger partial charge is 0.246 e. The molecule has 1 aromatic heterocycles. The molecule has 0 aliphatic carbocycles. The molecule has 0 atom stereocenters. The topological polar surface area (TPSA) is 84.6 Å². The number of guanidine groups is 1. The summed E-state index contributed by atoms with van der Waals surface area (Å²) >= 11 is 5.87. The molecule has 0 bridgehead atoms. The number of nitrogens with zero attached hydrogens (tertiary/aromatic N) is 3. The Bertz CT molecular complexity index is 648. The second-order valence-electron chi connectivity index (χ2n) is 4.92. The van der Waals surface area contributed by atoms with E-state index in [0.29, 0.717) is 29.2 Å². The Balaban J connectivity index is 0.00000312. The first kappa shape index (κ1) is 21.7. The van der Waals surface area contributed by atoms with Crippen LogP contribution < -0.4 is 10.6 Å². The highest BCUT2D eigenvalue weighted by Crippen LogP contribution is 2.18. The minimum Gasteiger partial charge on any atom is -0.382 e. The fourth-order valence-electron chi connectivity index (χ4n) is 1.95. The first-order valence-electron chi connectivity index (χ1n) is 7.83. The molecule has 0 fully saturated rings. The summed E-state index contributed by atoms with van der Waals surface area (Å²) in [5.74, 6) is 1.69. The summed E-state index contributed by atoms with van der Waals surface area (Å²) in [6, 6.07) is 7.28. The monoisotopic (exact) mass is 479 g/mol. The highest BCUT2D eigenvalue weighted by molar-refractivity contribution is 14.0. The summed E-state index contributed by atoms with van der Waals surface area (Å²) < 4.78 is 10.5. The van der Waals surface area contributed by atoms with Gasteiger partial charge in [-0.2, -0.15) is 4.98 Å². The predicted octanol–water partition coefficient (Wildman–Crippen LogP) is 3.10. The van der Waals surface area contributed by atoms with E-state index in [4.69, 9.17) is 20.9 Å². The van der Waals surface area contributed by atoms with E-state index in [1.165, 1.54) is 0 Å². The van der Waals surface area contributed by atoms with Gasteiger partial charge in [-0.1, -0.05) is 16.8 Å². The van der Waals surface area contributed by atoms with E-state index in [9.17, 15) is 0 Å². The molecule has 0 amide bonds. The molecule has 0 aliphatic rings. The zero-order valence-electron chi connectivity index (χ0n) is 14.3. The summed E-state index contributed by atoms with van der Waals surface area (Å²) in [5.41, 5.74) is 0.854. The van der Waals surface area contributed by atoms with E-state index in [1.54, 1.807) is 19.2 Å². The van der Waals surface area contributed by atoms with Crippen molar-refractivity contribution in [3.63, 3.8) is 0 Å². The van der Waals surface area contributed by atoms with Gasteiger partial charge in [-0.15, -0.1) is 24.0 Å². The van der Waals surface area contributed by atoms with Crippen molar-refractivity contribution in [1.29, 1.82) is 0 Å². The zero-order chi connectivity index (χ0) is 17.2. The molecule has 1 heterocycles. The maximum Gasteiger partial charge on any atom is 0.246 e. The van der Waals surface area contributed by atoms with Crippen LogP contribution >= 0.6 is 35.6 Å². The summed E-state index contributed by atoms with van der Waals surface area (Å²) in [5, 5.41) is 11.0. The van der Waals surface area contributed by atoms with E-state index in [0.717, 1.165) is 31.7 Å². The minimum absolute atomic E-state index is 0. The van der Waals surface area contributed by atoms with Crippen LogP contribution in [0.15, 0.2) is 33.8 Å². The second-order valence-corrected chi connectivity index (χ2v) is 5.36. The Morgan fingerprint density at radius 3 is 2.72 bits per heavy atom. The van der Waals surface area contributed by atoms with Gasteiger partial charge in [0.05, 0.1) is 6.54 Å². The lowest BCUT2D eigenvalue weighted by Crippen LogP contribution is -2.37. The third-order valence-electron chi connectivity index (χ3n) is 3.16. The lowest BCUT2D eigenvalue weighted by molar-refractivity contribution is 0.145. The Morgan fingerprint density at radius 2 is 2.04 bits per heavy atom. The number of aliphatic imine (C=N–C) groups is 1. The van der Waals surface area contributed by atoms with Crippen molar-refractivity contribution in [1.82, 2.24) is 20.8 Å². The molecule has 2 rings (SSSR count). The molecule has 0 unspecified atom stereocenters. The molecule has 138 valence electrons. The van der Waals surface area contributed by atoms with Crippen LogP contribution in [-0.4, -0.2) is 42.9 Å².